The summed E-state index contributed by atoms with van der Waals surface area (Å²) in [5.74, 6) is -0.0185. The molecule has 0 aromatic heterocycles. The van der Waals surface area contributed by atoms with Crippen LogP contribution in [0.5, 0.6) is 5.75 Å². The summed E-state index contributed by atoms with van der Waals surface area (Å²) in [4.78, 5) is 28.8. The van der Waals surface area contributed by atoms with Crippen molar-refractivity contribution in [3.05, 3.63) is 53.6 Å². The number of amides is 2. The number of hydrogen-bond donors (Lipinski definition) is 2. The summed E-state index contributed by atoms with van der Waals surface area (Å²) in [7, 11) is 1.87. The minimum absolute atomic E-state index is 0.0880. The second-order valence-electron chi connectivity index (χ2n) is 7.21. The lowest BCUT2D eigenvalue weighted by Gasteiger charge is -2.35. The molecule has 28 heavy (non-hydrogen) atoms. The van der Waals surface area contributed by atoms with Gasteiger partial charge in [-0.25, -0.2) is 0 Å². The largest absolute Gasteiger partial charge is 0.508 e. The third-order valence-corrected chi connectivity index (χ3v) is 5.44. The van der Waals surface area contributed by atoms with Gasteiger partial charge < -0.3 is 25.0 Å². The molecule has 7 nitrogen and oxygen atoms in total. The molecule has 2 aliphatic rings. The zero-order valence-corrected chi connectivity index (χ0v) is 15.9. The Morgan fingerprint density at radius 2 is 2.07 bits per heavy atom. The van der Waals surface area contributed by atoms with Gasteiger partial charge in [0.2, 0.25) is 5.91 Å². The molecule has 0 radical (unpaired) electrons. The number of aromatic hydroxyl groups is 1. The summed E-state index contributed by atoms with van der Waals surface area (Å²) >= 11 is 0. The number of carbonyl (C=O) groups is 2. The Labute approximate surface area is 163 Å². The van der Waals surface area contributed by atoms with Crippen LogP contribution in [-0.2, 0) is 9.53 Å². The lowest BCUT2D eigenvalue weighted by atomic mass is 10.0. The van der Waals surface area contributed by atoms with Crippen molar-refractivity contribution in [1.82, 2.24) is 4.90 Å². The molecule has 1 fully saturated rings. The van der Waals surface area contributed by atoms with Crippen molar-refractivity contribution < 1.29 is 19.4 Å². The molecule has 4 rings (SSSR count). The Kier molecular flexibility index (Phi) is 4.68. The van der Waals surface area contributed by atoms with Gasteiger partial charge in [-0.3, -0.25) is 9.59 Å². The van der Waals surface area contributed by atoms with Crippen molar-refractivity contribution >= 4 is 23.2 Å². The van der Waals surface area contributed by atoms with Crippen molar-refractivity contribution in [3.63, 3.8) is 0 Å². The highest BCUT2D eigenvalue weighted by atomic mass is 16.5. The number of carbonyl (C=O) groups excluding carboxylic acids is 2. The zero-order chi connectivity index (χ0) is 19.8. The number of ether oxygens (including phenoxy) is 1. The Morgan fingerprint density at radius 3 is 2.86 bits per heavy atom. The fourth-order valence-corrected chi connectivity index (χ4v) is 3.64. The third kappa shape index (κ3) is 3.29. The second-order valence-corrected chi connectivity index (χ2v) is 7.21. The maximum atomic E-state index is 13.1. The zero-order valence-electron chi connectivity index (χ0n) is 15.9. The van der Waals surface area contributed by atoms with Crippen LogP contribution in [0.3, 0.4) is 0 Å². The molecule has 2 amide bonds. The van der Waals surface area contributed by atoms with Crippen LogP contribution >= 0.6 is 0 Å². The minimum Gasteiger partial charge on any atom is -0.508 e. The Bertz CT molecular complexity index is 930. The first kappa shape index (κ1) is 18.3. The van der Waals surface area contributed by atoms with Crippen LogP contribution in [0.2, 0.25) is 0 Å². The van der Waals surface area contributed by atoms with Crippen molar-refractivity contribution in [2.24, 2.45) is 0 Å². The van der Waals surface area contributed by atoms with E-state index >= 15 is 0 Å². The monoisotopic (exact) mass is 381 g/mol. The molecular weight excluding hydrogens is 358 g/mol. The van der Waals surface area contributed by atoms with Gasteiger partial charge in [0.25, 0.3) is 5.91 Å². The van der Waals surface area contributed by atoms with Crippen LogP contribution < -0.4 is 10.2 Å². The Hall–Kier alpha value is -3.06. The van der Waals surface area contributed by atoms with E-state index in [0.29, 0.717) is 30.9 Å². The van der Waals surface area contributed by atoms with Crippen molar-refractivity contribution in [2.45, 2.75) is 19.1 Å². The standard InChI is InChI=1S/C21H23N3O4/c1-13-20(26)22-17-11-15(6-7-18(17)23(13)2)21(27)24-8-9-28-19(12-24)14-4-3-5-16(25)10-14/h3-7,10-11,13,19,25H,8-9,12H2,1-2H3,(H,22,26). The number of phenolic OH excluding ortho intramolecular Hbond substituents is 1. The summed E-state index contributed by atoms with van der Waals surface area (Å²) < 4.78 is 5.80. The van der Waals surface area contributed by atoms with Crippen LogP contribution in [0.25, 0.3) is 0 Å². The van der Waals surface area contributed by atoms with Gasteiger partial charge >= 0.3 is 0 Å². The molecule has 146 valence electrons. The molecule has 0 aliphatic carbocycles. The molecule has 0 spiro atoms. The molecule has 2 N–H and O–H groups in total. The number of likely N-dealkylation sites (N-methyl/N-ethyl adjacent to an activating group) is 1. The summed E-state index contributed by atoms with van der Waals surface area (Å²) in [6, 6.07) is 12.0. The van der Waals surface area contributed by atoms with Gasteiger partial charge in [0.05, 0.1) is 24.5 Å². The Morgan fingerprint density at radius 1 is 1.25 bits per heavy atom. The number of anilines is 2. The molecule has 2 atom stereocenters. The number of rotatable bonds is 2. The molecule has 2 heterocycles. The van der Waals surface area contributed by atoms with E-state index in [-0.39, 0.29) is 29.7 Å². The molecule has 2 aliphatic heterocycles. The van der Waals surface area contributed by atoms with Crippen LogP contribution in [0, 0.1) is 0 Å². The quantitative estimate of drug-likeness (QED) is 0.835. The van der Waals surface area contributed by atoms with Crippen molar-refractivity contribution in [3.8, 4) is 5.75 Å². The van der Waals surface area contributed by atoms with Crippen LogP contribution in [0.4, 0.5) is 11.4 Å². The summed E-state index contributed by atoms with van der Waals surface area (Å²) in [5, 5.41) is 12.6. The van der Waals surface area contributed by atoms with Gasteiger partial charge in [0, 0.05) is 19.2 Å². The van der Waals surface area contributed by atoms with Gasteiger partial charge in [-0.2, -0.15) is 0 Å². The van der Waals surface area contributed by atoms with Gasteiger partial charge in [-0.1, -0.05) is 12.1 Å². The van der Waals surface area contributed by atoms with E-state index in [1.54, 1.807) is 35.2 Å². The number of fused-ring (bicyclic) bond motifs is 1. The average Bonchev–Trinajstić information content (AvgIpc) is 2.71. The normalized spacial score (nSPS) is 21.9. The highest BCUT2D eigenvalue weighted by Crippen LogP contribution is 2.32. The molecule has 2 unspecified atom stereocenters. The number of phenols is 1. The first-order chi connectivity index (χ1) is 13.4. The van der Waals surface area contributed by atoms with Gasteiger partial charge in [0.1, 0.15) is 17.9 Å². The highest BCUT2D eigenvalue weighted by Gasteiger charge is 2.30. The molecule has 1 saturated heterocycles. The minimum atomic E-state index is -0.283. The van der Waals surface area contributed by atoms with E-state index in [1.165, 1.54) is 0 Å². The predicted octanol–water partition coefficient (Wildman–Crippen LogP) is 2.38. The van der Waals surface area contributed by atoms with Crippen LogP contribution in [0.1, 0.15) is 28.9 Å². The van der Waals surface area contributed by atoms with E-state index in [4.69, 9.17) is 4.74 Å². The van der Waals surface area contributed by atoms with Gasteiger partial charge in [0.15, 0.2) is 0 Å². The summed E-state index contributed by atoms with van der Waals surface area (Å²) in [6.45, 7) is 3.16. The van der Waals surface area contributed by atoms with E-state index in [1.807, 2.05) is 31.0 Å². The second kappa shape index (κ2) is 7.16. The topological polar surface area (TPSA) is 82.1 Å². The van der Waals surface area contributed by atoms with E-state index in [2.05, 4.69) is 5.32 Å². The smallest absolute Gasteiger partial charge is 0.254 e. The fourth-order valence-electron chi connectivity index (χ4n) is 3.64. The lowest BCUT2D eigenvalue weighted by Crippen LogP contribution is -2.44. The first-order valence-electron chi connectivity index (χ1n) is 9.31. The summed E-state index contributed by atoms with van der Waals surface area (Å²) in [5.41, 5.74) is 2.90. The number of hydrogen-bond acceptors (Lipinski definition) is 5. The fraction of sp³-hybridized carbons (Fsp3) is 0.333. The molecule has 7 heteroatoms. The van der Waals surface area contributed by atoms with Crippen LogP contribution in [-0.4, -0.2) is 54.6 Å². The number of nitrogens with one attached hydrogen (secondary N) is 1. The van der Waals surface area contributed by atoms with Crippen LogP contribution in [0.15, 0.2) is 42.5 Å². The maximum Gasteiger partial charge on any atom is 0.254 e. The molecule has 2 aromatic carbocycles. The van der Waals surface area contributed by atoms with E-state index < -0.39 is 0 Å². The third-order valence-electron chi connectivity index (χ3n) is 5.44. The van der Waals surface area contributed by atoms with Crippen molar-refractivity contribution in [2.75, 3.05) is 37.0 Å². The highest BCUT2D eigenvalue weighted by molar-refractivity contribution is 6.05. The maximum absolute atomic E-state index is 13.1. The number of benzene rings is 2. The summed E-state index contributed by atoms with van der Waals surface area (Å²) in [6.07, 6.45) is -0.283. The molecular formula is C21H23N3O4. The Balaban J connectivity index is 1.54. The van der Waals surface area contributed by atoms with Gasteiger partial charge in [-0.05, 0) is 42.8 Å². The SMILES string of the molecule is CC1C(=O)Nc2cc(C(=O)N3CCOC(c4cccc(O)c4)C3)ccc2N1C. The molecule has 0 bridgehead atoms. The van der Waals surface area contributed by atoms with Crippen molar-refractivity contribution in [1.29, 1.82) is 0 Å². The average molecular weight is 381 g/mol. The van der Waals surface area contributed by atoms with E-state index in [0.717, 1.165) is 11.3 Å². The first-order valence-corrected chi connectivity index (χ1v) is 9.31. The molecule has 2 aromatic rings. The van der Waals surface area contributed by atoms with Gasteiger partial charge in [-0.15, -0.1) is 0 Å². The lowest BCUT2D eigenvalue weighted by molar-refractivity contribution is -0.117. The molecule has 0 saturated carbocycles. The van der Waals surface area contributed by atoms with E-state index in [9.17, 15) is 14.7 Å². The predicted molar refractivity (Wildman–Crippen MR) is 106 cm³/mol. The number of morpholine rings is 1. The number of nitrogens with zero attached hydrogens (tertiary/aromatic N) is 2.